The molecule has 1 atom stereocenters. The molecule has 0 saturated carbocycles. The lowest BCUT2D eigenvalue weighted by atomic mass is 10.1. The molecule has 1 fully saturated rings. The Morgan fingerprint density at radius 3 is 2.72 bits per heavy atom. The van der Waals surface area contributed by atoms with E-state index in [9.17, 15) is 13.2 Å². The average Bonchev–Trinajstić information content (AvgIpc) is 2.78. The molecule has 9 heteroatoms. The van der Waals surface area contributed by atoms with Gasteiger partial charge in [0, 0.05) is 17.4 Å². The number of rotatable bonds is 8. The first-order chi connectivity index (χ1) is 8.47. The molecule has 106 valence electrons. The molecular formula is C9H19N3O3S3. The Hall–Kier alpha value is 0.0400. The van der Waals surface area contributed by atoms with Gasteiger partial charge in [-0.25, -0.2) is 5.14 Å². The molecule has 0 aromatic carbocycles. The van der Waals surface area contributed by atoms with Gasteiger partial charge in [0.1, 0.15) is 0 Å². The summed E-state index contributed by atoms with van der Waals surface area (Å²) in [6, 6.07) is 0. The van der Waals surface area contributed by atoms with Crippen molar-refractivity contribution in [3.05, 3.63) is 0 Å². The molecule has 0 spiro atoms. The topological polar surface area (TPSA) is 101 Å². The molecule has 18 heavy (non-hydrogen) atoms. The lowest BCUT2D eigenvalue weighted by Gasteiger charge is -2.07. The van der Waals surface area contributed by atoms with Crippen LogP contribution in [0.25, 0.3) is 0 Å². The Balaban J connectivity index is 1.95. The first-order valence-corrected chi connectivity index (χ1v) is 9.77. The van der Waals surface area contributed by atoms with Gasteiger partial charge in [-0.3, -0.25) is 10.2 Å². The molecule has 1 heterocycles. The number of unbranched alkanes of at least 4 members (excludes halogenated alkanes) is 2. The Labute approximate surface area is 116 Å². The van der Waals surface area contributed by atoms with Gasteiger partial charge in [0.25, 0.3) is 10.2 Å². The highest BCUT2D eigenvalue weighted by Gasteiger charge is 2.15. The third-order valence-electron chi connectivity index (χ3n) is 2.49. The van der Waals surface area contributed by atoms with Gasteiger partial charge in [-0.1, -0.05) is 34.4 Å². The van der Waals surface area contributed by atoms with Crippen LogP contribution >= 0.6 is 21.6 Å². The summed E-state index contributed by atoms with van der Waals surface area (Å²) >= 11 is 0. The second-order valence-corrected chi connectivity index (χ2v) is 8.21. The average molecular weight is 313 g/mol. The maximum atomic E-state index is 11.2. The van der Waals surface area contributed by atoms with Gasteiger partial charge in [-0.05, 0) is 19.3 Å². The normalized spacial score (nSPS) is 19.9. The highest BCUT2D eigenvalue weighted by Crippen LogP contribution is 2.39. The first kappa shape index (κ1) is 16.1. The van der Waals surface area contributed by atoms with Gasteiger partial charge in [0.2, 0.25) is 5.91 Å². The molecule has 0 aromatic heterocycles. The van der Waals surface area contributed by atoms with Gasteiger partial charge in [-0.2, -0.15) is 8.42 Å². The summed E-state index contributed by atoms with van der Waals surface area (Å²) in [5, 5.41) is 5.44. The molecule has 0 radical (unpaired) electrons. The minimum absolute atomic E-state index is 0.315. The first-order valence-electron chi connectivity index (χ1n) is 5.84. The van der Waals surface area contributed by atoms with E-state index in [1.807, 2.05) is 27.0 Å². The van der Waals surface area contributed by atoms with Crippen LogP contribution in [-0.4, -0.2) is 25.3 Å². The molecule has 0 bridgehead atoms. The van der Waals surface area contributed by atoms with Crippen LogP contribution in [0, 0.1) is 0 Å². The number of carbonyl (C=O) groups excluding carboxylic acids is 1. The Kier molecular flexibility index (Phi) is 7.38. The largest absolute Gasteiger partial charge is 0.291 e. The molecule has 1 rings (SSSR count). The van der Waals surface area contributed by atoms with Crippen LogP contribution in [0.3, 0.4) is 0 Å². The molecular weight excluding hydrogens is 294 g/mol. The van der Waals surface area contributed by atoms with E-state index in [0.29, 0.717) is 6.42 Å². The third kappa shape index (κ3) is 8.20. The quantitative estimate of drug-likeness (QED) is 0.351. The van der Waals surface area contributed by atoms with E-state index >= 15 is 0 Å². The van der Waals surface area contributed by atoms with Crippen molar-refractivity contribution in [2.45, 2.75) is 43.8 Å². The van der Waals surface area contributed by atoms with E-state index in [1.165, 1.54) is 18.6 Å². The van der Waals surface area contributed by atoms with Crippen molar-refractivity contribution in [3.63, 3.8) is 0 Å². The molecule has 1 aliphatic heterocycles. The van der Waals surface area contributed by atoms with E-state index in [2.05, 4.69) is 5.14 Å². The molecule has 6 nitrogen and oxygen atoms in total. The van der Waals surface area contributed by atoms with Crippen molar-refractivity contribution in [3.8, 4) is 0 Å². The fourth-order valence-electron chi connectivity index (χ4n) is 1.59. The Morgan fingerprint density at radius 2 is 2.11 bits per heavy atom. The van der Waals surface area contributed by atoms with Crippen molar-refractivity contribution >= 4 is 37.7 Å². The van der Waals surface area contributed by atoms with Crippen molar-refractivity contribution in [1.82, 2.24) is 10.3 Å². The number of hydrogen-bond acceptors (Lipinski definition) is 5. The van der Waals surface area contributed by atoms with Crippen LogP contribution in [0.15, 0.2) is 0 Å². The summed E-state index contributed by atoms with van der Waals surface area (Å²) in [5.41, 5.74) is 2.05. The molecule has 0 aromatic rings. The predicted octanol–water partition coefficient (Wildman–Crippen LogP) is 0.915. The van der Waals surface area contributed by atoms with Gasteiger partial charge in [0.15, 0.2) is 0 Å². The molecule has 0 aliphatic carbocycles. The van der Waals surface area contributed by atoms with Crippen molar-refractivity contribution in [1.29, 1.82) is 0 Å². The highest BCUT2D eigenvalue weighted by molar-refractivity contribution is 8.77. The van der Waals surface area contributed by atoms with E-state index in [4.69, 9.17) is 0 Å². The Morgan fingerprint density at radius 1 is 1.33 bits per heavy atom. The van der Waals surface area contributed by atoms with Crippen LogP contribution in [-0.2, 0) is 15.0 Å². The third-order valence-corrected chi connectivity index (χ3v) is 5.88. The smallest absolute Gasteiger partial charge is 0.277 e. The Bertz CT molecular complexity index is 355. The highest BCUT2D eigenvalue weighted by atomic mass is 33.1. The second-order valence-electron chi connectivity index (χ2n) is 4.12. The van der Waals surface area contributed by atoms with Crippen molar-refractivity contribution in [2.75, 3.05) is 5.75 Å². The SMILES string of the molecule is NS(=O)(=O)NNC(=O)CCCCCC1CCSS1. The van der Waals surface area contributed by atoms with Gasteiger partial charge < -0.3 is 0 Å². The van der Waals surface area contributed by atoms with E-state index in [1.54, 1.807) is 4.83 Å². The lowest BCUT2D eigenvalue weighted by molar-refractivity contribution is -0.121. The maximum Gasteiger partial charge on any atom is 0.291 e. The summed E-state index contributed by atoms with van der Waals surface area (Å²) in [4.78, 5) is 13.0. The standard InChI is InChI=1S/C9H19N3O3S3/c10-18(14,15)12-11-9(13)5-3-1-2-4-8-6-7-16-17-8/h8,12H,1-7H2,(H,11,13)(H2,10,14,15). The molecule has 1 amide bonds. The van der Waals surface area contributed by atoms with Crippen LogP contribution in [0.4, 0.5) is 0 Å². The number of hydrogen-bond donors (Lipinski definition) is 3. The minimum Gasteiger partial charge on any atom is -0.277 e. The van der Waals surface area contributed by atoms with Crippen LogP contribution in [0.1, 0.15) is 38.5 Å². The minimum atomic E-state index is -3.85. The summed E-state index contributed by atoms with van der Waals surface area (Å²) in [6.07, 6.45) is 5.68. The molecule has 1 aliphatic rings. The summed E-state index contributed by atoms with van der Waals surface area (Å²) < 4.78 is 21.0. The van der Waals surface area contributed by atoms with Crippen LogP contribution < -0.4 is 15.4 Å². The van der Waals surface area contributed by atoms with Crippen molar-refractivity contribution < 1.29 is 13.2 Å². The zero-order valence-corrected chi connectivity index (χ0v) is 12.5. The fourth-order valence-corrected chi connectivity index (χ4v) is 4.87. The monoisotopic (exact) mass is 313 g/mol. The van der Waals surface area contributed by atoms with E-state index in [0.717, 1.165) is 24.5 Å². The molecule has 1 unspecified atom stereocenters. The summed E-state index contributed by atoms with van der Waals surface area (Å²) in [7, 11) is 0.0471. The number of hydrazine groups is 1. The number of carbonyl (C=O) groups is 1. The second kappa shape index (κ2) is 8.26. The van der Waals surface area contributed by atoms with E-state index in [-0.39, 0.29) is 5.91 Å². The summed E-state index contributed by atoms with van der Waals surface area (Å²) in [6.45, 7) is 0. The maximum absolute atomic E-state index is 11.2. The lowest BCUT2D eigenvalue weighted by Crippen LogP contribution is -2.44. The summed E-state index contributed by atoms with van der Waals surface area (Å²) in [5.74, 6) is 0.895. The van der Waals surface area contributed by atoms with Gasteiger partial charge in [-0.15, -0.1) is 4.83 Å². The number of nitrogens with one attached hydrogen (secondary N) is 2. The van der Waals surface area contributed by atoms with E-state index < -0.39 is 10.2 Å². The van der Waals surface area contributed by atoms with Crippen molar-refractivity contribution in [2.24, 2.45) is 5.14 Å². The predicted molar refractivity (Wildman–Crippen MR) is 75.9 cm³/mol. The molecule has 4 N–H and O–H groups in total. The zero-order chi connectivity index (χ0) is 13.4. The number of amides is 1. The van der Waals surface area contributed by atoms with Crippen LogP contribution in [0.5, 0.6) is 0 Å². The van der Waals surface area contributed by atoms with Gasteiger partial charge in [0.05, 0.1) is 0 Å². The molecule has 1 saturated heterocycles. The number of nitrogens with two attached hydrogens (primary N) is 1. The zero-order valence-electron chi connectivity index (χ0n) is 10.1. The fraction of sp³-hybridized carbons (Fsp3) is 0.889. The van der Waals surface area contributed by atoms with Crippen LogP contribution in [0.2, 0.25) is 0 Å². The van der Waals surface area contributed by atoms with Gasteiger partial charge >= 0.3 is 0 Å².